The Morgan fingerprint density at radius 1 is 0.431 bits per heavy atom. The molecule has 1 aliphatic carbocycles. The molecule has 0 heterocycles. The number of hydrogen-bond donors (Lipinski definition) is 2. The minimum atomic E-state index is -0.334. The van der Waals surface area contributed by atoms with Gasteiger partial charge in [-0.3, -0.25) is 0 Å². The molecule has 0 unspecified atom stereocenters. The van der Waals surface area contributed by atoms with E-state index in [1.165, 1.54) is 67.0 Å². The number of rotatable bonds is 10. The van der Waals surface area contributed by atoms with Gasteiger partial charge in [-0.2, -0.15) is 0 Å². The molecule has 0 amide bonds. The number of nitrogens with two attached hydrogens (primary N) is 2. The molecular formula is C47H50N4. The van der Waals surface area contributed by atoms with Crippen LogP contribution in [0.5, 0.6) is 0 Å². The topological polar surface area (TPSA) is 58.5 Å². The van der Waals surface area contributed by atoms with Crippen LogP contribution in [0.15, 0.2) is 121 Å². The summed E-state index contributed by atoms with van der Waals surface area (Å²) in [4.78, 5) is 4.85. The summed E-state index contributed by atoms with van der Waals surface area (Å²) in [6.45, 7) is 14.4. The van der Waals surface area contributed by atoms with E-state index < -0.39 is 0 Å². The maximum Gasteiger partial charge on any atom is 0.0520 e. The highest BCUT2D eigenvalue weighted by molar-refractivity contribution is 5.90. The van der Waals surface area contributed by atoms with Crippen molar-refractivity contribution < 1.29 is 0 Å². The average molecular weight is 671 g/mol. The van der Waals surface area contributed by atoms with E-state index in [1.54, 1.807) is 0 Å². The van der Waals surface area contributed by atoms with Crippen molar-refractivity contribution in [1.82, 2.24) is 0 Å². The van der Waals surface area contributed by atoms with Crippen LogP contribution in [0.3, 0.4) is 0 Å². The molecule has 0 aliphatic heterocycles. The quantitative estimate of drug-likeness (QED) is 0.152. The number of nitrogens with zero attached hydrogens (tertiary/aromatic N) is 2. The van der Waals surface area contributed by atoms with Crippen molar-refractivity contribution in [3.05, 3.63) is 166 Å². The second-order valence-electron chi connectivity index (χ2n) is 14.5. The van der Waals surface area contributed by atoms with Crippen LogP contribution >= 0.6 is 0 Å². The molecule has 6 aromatic rings. The Morgan fingerprint density at radius 3 is 1.12 bits per heavy atom. The van der Waals surface area contributed by atoms with Crippen molar-refractivity contribution in [2.75, 3.05) is 22.9 Å². The Labute approximate surface area is 304 Å². The van der Waals surface area contributed by atoms with Crippen molar-refractivity contribution >= 4 is 34.1 Å². The van der Waals surface area contributed by atoms with E-state index in [9.17, 15) is 0 Å². The fraction of sp³-hybridized carbons (Fsp3) is 0.234. The summed E-state index contributed by atoms with van der Waals surface area (Å²) in [7, 11) is 0. The molecule has 0 fully saturated rings. The molecule has 0 saturated carbocycles. The number of aryl methyl sites for hydroxylation is 6. The Bertz CT molecular complexity index is 2000. The first-order chi connectivity index (χ1) is 24.7. The number of fused-ring (bicyclic) bond motifs is 3. The van der Waals surface area contributed by atoms with Crippen molar-refractivity contribution in [1.29, 1.82) is 0 Å². The molecule has 0 spiro atoms. The Kier molecular flexibility index (Phi) is 9.32. The molecule has 6 aromatic carbocycles. The first-order valence-electron chi connectivity index (χ1n) is 18.2. The summed E-state index contributed by atoms with van der Waals surface area (Å²) in [5.41, 5.74) is 32.4. The molecule has 1 aliphatic rings. The van der Waals surface area contributed by atoms with Crippen LogP contribution in [-0.4, -0.2) is 13.1 Å². The zero-order chi connectivity index (χ0) is 35.9. The molecule has 0 atom stereocenters. The lowest BCUT2D eigenvalue weighted by Crippen LogP contribution is -2.31. The van der Waals surface area contributed by atoms with Crippen LogP contribution in [0, 0.1) is 41.5 Å². The molecule has 0 bridgehead atoms. The third-order valence-electron chi connectivity index (χ3n) is 10.7. The van der Waals surface area contributed by atoms with E-state index in [-0.39, 0.29) is 5.41 Å². The highest BCUT2D eigenvalue weighted by atomic mass is 15.2. The van der Waals surface area contributed by atoms with Gasteiger partial charge in [0.05, 0.1) is 11.4 Å². The lowest BCUT2D eigenvalue weighted by Gasteiger charge is -2.35. The SMILES string of the molecule is Cc1cc(C)c(N(c2ccccc2)c2ccc3c(c2)C(CCN)(CCN)c2cc(N(c4ccccc4)c4c(C)cc(C)cc4C)ccc2-3)c(C)c1. The molecule has 0 radical (unpaired) electrons. The first-order valence-corrected chi connectivity index (χ1v) is 18.2. The molecule has 7 rings (SSSR count). The van der Waals surface area contributed by atoms with Crippen molar-refractivity contribution in [3.63, 3.8) is 0 Å². The molecule has 0 saturated heterocycles. The van der Waals surface area contributed by atoms with Gasteiger partial charge in [0.15, 0.2) is 0 Å². The molecular weight excluding hydrogens is 621 g/mol. The molecule has 4 N–H and O–H groups in total. The summed E-state index contributed by atoms with van der Waals surface area (Å²) in [6.07, 6.45) is 1.61. The fourth-order valence-electron chi connectivity index (χ4n) is 8.92. The van der Waals surface area contributed by atoms with Gasteiger partial charge in [-0.1, -0.05) is 83.9 Å². The summed E-state index contributed by atoms with van der Waals surface area (Å²) in [5, 5.41) is 0. The number of benzene rings is 6. The second-order valence-corrected chi connectivity index (χ2v) is 14.5. The van der Waals surface area contributed by atoms with E-state index in [0.717, 1.165) is 35.6 Å². The highest BCUT2D eigenvalue weighted by Gasteiger charge is 2.43. The zero-order valence-electron chi connectivity index (χ0n) is 30.9. The Morgan fingerprint density at radius 2 is 0.784 bits per heavy atom. The van der Waals surface area contributed by atoms with Crippen LogP contribution in [0.25, 0.3) is 11.1 Å². The summed E-state index contributed by atoms with van der Waals surface area (Å²) < 4.78 is 0. The second kappa shape index (κ2) is 13.9. The lowest BCUT2D eigenvalue weighted by molar-refractivity contribution is 0.459. The fourth-order valence-corrected chi connectivity index (χ4v) is 8.92. The molecule has 4 nitrogen and oxygen atoms in total. The summed E-state index contributed by atoms with van der Waals surface area (Å²) in [6, 6.07) is 44.7. The third-order valence-corrected chi connectivity index (χ3v) is 10.7. The highest BCUT2D eigenvalue weighted by Crippen LogP contribution is 2.56. The summed E-state index contributed by atoms with van der Waals surface area (Å²) in [5.74, 6) is 0. The van der Waals surface area contributed by atoms with Gasteiger partial charge in [0.1, 0.15) is 0 Å². The van der Waals surface area contributed by atoms with Crippen LogP contribution in [-0.2, 0) is 5.41 Å². The van der Waals surface area contributed by atoms with Gasteiger partial charge in [-0.25, -0.2) is 0 Å². The molecule has 51 heavy (non-hydrogen) atoms. The minimum Gasteiger partial charge on any atom is -0.330 e. The van der Waals surface area contributed by atoms with Gasteiger partial charge >= 0.3 is 0 Å². The predicted octanol–water partition coefficient (Wildman–Crippen LogP) is 11.4. The van der Waals surface area contributed by atoms with Crippen LogP contribution in [0.4, 0.5) is 34.1 Å². The van der Waals surface area contributed by atoms with Crippen molar-refractivity contribution in [2.45, 2.75) is 59.8 Å². The average Bonchev–Trinajstić information content (AvgIpc) is 3.36. The maximum absolute atomic E-state index is 6.54. The zero-order valence-corrected chi connectivity index (χ0v) is 30.9. The maximum atomic E-state index is 6.54. The summed E-state index contributed by atoms with van der Waals surface area (Å²) >= 11 is 0. The Hall–Kier alpha value is -5.16. The lowest BCUT2D eigenvalue weighted by atomic mass is 9.72. The first kappa shape index (κ1) is 34.3. The Balaban J connectivity index is 1.45. The largest absolute Gasteiger partial charge is 0.330 e. The molecule has 4 heteroatoms. The van der Waals surface area contributed by atoms with E-state index in [1.807, 2.05) is 0 Å². The van der Waals surface area contributed by atoms with E-state index in [4.69, 9.17) is 11.5 Å². The van der Waals surface area contributed by atoms with E-state index in [0.29, 0.717) is 13.1 Å². The van der Waals surface area contributed by atoms with Crippen LogP contribution in [0.2, 0.25) is 0 Å². The predicted molar refractivity (Wildman–Crippen MR) is 218 cm³/mol. The smallest absolute Gasteiger partial charge is 0.0520 e. The normalized spacial score (nSPS) is 12.8. The molecule has 258 valence electrons. The van der Waals surface area contributed by atoms with E-state index >= 15 is 0 Å². The number of anilines is 6. The minimum absolute atomic E-state index is 0.334. The third kappa shape index (κ3) is 6.03. The van der Waals surface area contributed by atoms with Gasteiger partial charge in [-0.15, -0.1) is 0 Å². The van der Waals surface area contributed by atoms with Gasteiger partial charge in [0, 0.05) is 28.2 Å². The van der Waals surface area contributed by atoms with Gasteiger partial charge in [0.2, 0.25) is 0 Å². The number of hydrogen-bond acceptors (Lipinski definition) is 4. The van der Waals surface area contributed by atoms with Gasteiger partial charge < -0.3 is 21.3 Å². The monoisotopic (exact) mass is 670 g/mol. The van der Waals surface area contributed by atoms with Gasteiger partial charge in [-0.05, 0) is 161 Å². The van der Waals surface area contributed by atoms with Crippen molar-refractivity contribution in [2.24, 2.45) is 11.5 Å². The van der Waals surface area contributed by atoms with Gasteiger partial charge in [0.25, 0.3) is 0 Å². The van der Waals surface area contributed by atoms with Crippen LogP contribution < -0.4 is 21.3 Å². The van der Waals surface area contributed by atoms with Crippen LogP contribution in [0.1, 0.15) is 57.3 Å². The van der Waals surface area contributed by atoms with E-state index in [2.05, 4.69) is 173 Å². The number of para-hydroxylation sites is 2. The standard InChI is InChI=1S/C47H50N4/c1-31-25-33(3)45(34(4)26-31)50(37-13-9-7-10-14-37)39-17-19-41-42-20-18-40(30-44(42)47(21-23-48,22-24-49)43(41)29-39)51(38-15-11-8-12-16-38)46-35(5)27-32(2)28-36(46)6/h7-20,25-30H,21-24,48-49H2,1-6H3. The molecule has 0 aromatic heterocycles. The van der Waals surface area contributed by atoms with Crippen molar-refractivity contribution in [3.8, 4) is 11.1 Å².